The molecule has 0 atom stereocenters. The number of imidazole rings is 1. The molecule has 0 fully saturated rings. The molecule has 0 aliphatic rings. The van der Waals surface area contributed by atoms with Gasteiger partial charge in [0.15, 0.2) is 0 Å². The Hall–Kier alpha value is -4.28. The Bertz CT molecular complexity index is 2100. The summed E-state index contributed by atoms with van der Waals surface area (Å²) >= 11 is 1.66. The van der Waals surface area contributed by atoms with Gasteiger partial charge in [0.2, 0.25) is 0 Å². The number of aromatic nitrogens is 3. The summed E-state index contributed by atoms with van der Waals surface area (Å²) in [4.78, 5) is 10.9. The number of para-hydroxylation sites is 2. The van der Waals surface area contributed by atoms with E-state index in [0.29, 0.717) is 5.56 Å². The molecular weight excluding hydrogens is 494 g/mol. The fraction of sp³-hybridized carbons (Fsp3) is 0.143. The Morgan fingerprint density at radius 2 is 1.59 bits per heavy atom. The number of thiophene rings is 1. The molecule has 0 amide bonds. The molecule has 3 aromatic heterocycles. The fourth-order valence-electron chi connectivity index (χ4n) is 5.37. The second-order valence-electron chi connectivity index (χ2n) is 11.0. The summed E-state index contributed by atoms with van der Waals surface area (Å²) in [5, 5.41) is 2.18. The lowest BCUT2D eigenvalue weighted by Gasteiger charge is -2.19. The second kappa shape index (κ2) is 8.89. The number of pyridine rings is 1. The van der Waals surface area contributed by atoms with E-state index in [1.54, 1.807) is 23.5 Å². The van der Waals surface area contributed by atoms with E-state index in [1.165, 1.54) is 5.56 Å². The van der Waals surface area contributed by atoms with Crippen LogP contribution in [0.4, 0.5) is 0 Å². The maximum atomic E-state index is 7.74. The van der Waals surface area contributed by atoms with Crippen LogP contribution in [-0.2, 0) is 5.41 Å². The van der Waals surface area contributed by atoms with E-state index < -0.39 is 6.85 Å². The van der Waals surface area contributed by atoms with E-state index in [1.807, 2.05) is 30.5 Å². The molecule has 190 valence electrons. The van der Waals surface area contributed by atoms with Gasteiger partial charge in [-0.05, 0) is 65.4 Å². The lowest BCUT2D eigenvalue weighted by molar-refractivity contribution is 0.590. The highest BCUT2D eigenvalue weighted by Gasteiger charge is 2.21. The third-order valence-corrected chi connectivity index (χ3v) is 8.54. The first-order valence-electron chi connectivity index (χ1n) is 14.6. The monoisotopic (exact) mass is 526 g/mol. The van der Waals surface area contributed by atoms with Gasteiger partial charge in [-0.25, -0.2) is 9.97 Å². The van der Waals surface area contributed by atoms with Gasteiger partial charge in [-0.15, -0.1) is 11.3 Å². The van der Waals surface area contributed by atoms with Crippen molar-refractivity contribution in [2.24, 2.45) is 0 Å². The van der Waals surface area contributed by atoms with Crippen molar-refractivity contribution in [3.63, 3.8) is 0 Å². The number of hydrogen-bond acceptors (Lipinski definition) is 3. The minimum absolute atomic E-state index is 0.0683. The van der Waals surface area contributed by atoms with Crippen molar-refractivity contribution in [3.8, 4) is 28.2 Å². The summed E-state index contributed by atoms with van der Waals surface area (Å²) in [6.07, 6.45) is 1.83. The summed E-state index contributed by atoms with van der Waals surface area (Å²) in [7, 11) is 0. The lowest BCUT2D eigenvalue weighted by Crippen LogP contribution is -2.11. The van der Waals surface area contributed by atoms with Crippen LogP contribution < -0.4 is 0 Å². The Labute approximate surface area is 236 Å². The minimum Gasteiger partial charge on any atom is -0.292 e. The van der Waals surface area contributed by atoms with Crippen LogP contribution in [0.1, 0.15) is 36.0 Å². The molecule has 7 aromatic rings. The van der Waals surface area contributed by atoms with Gasteiger partial charge in [0.05, 0.1) is 11.0 Å². The molecule has 0 aliphatic heterocycles. The van der Waals surface area contributed by atoms with Gasteiger partial charge in [-0.3, -0.25) is 4.57 Å². The third kappa shape index (κ3) is 3.95. The van der Waals surface area contributed by atoms with Crippen LogP contribution in [0.25, 0.3) is 59.5 Å². The number of hydrogen-bond donors (Lipinski definition) is 0. The van der Waals surface area contributed by atoms with Crippen LogP contribution >= 0.6 is 11.3 Å². The van der Waals surface area contributed by atoms with Gasteiger partial charge in [0.25, 0.3) is 0 Å². The number of rotatable bonds is 3. The van der Waals surface area contributed by atoms with Crippen LogP contribution in [0, 0.1) is 6.85 Å². The van der Waals surface area contributed by atoms with Crippen LogP contribution in [-0.4, -0.2) is 14.5 Å². The number of benzene rings is 4. The van der Waals surface area contributed by atoms with Gasteiger partial charge in [0.1, 0.15) is 10.7 Å². The molecule has 4 aromatic carbocycles. The normalized spacial score (nSPS) is 13.6. The molecule has 0 radical (unpaired) electrons. The Morgan fingerprint density at radius 1 is 0.795 bits per heavy atom. The smallest absolute Gasteiger partial charge is 0.147 e. The highest BCUT2D eigenvalue weighted by Crippen LogP contribution is 2.43. The van der Waals surface area contributed by atoms with E-state index in [2.05, 4.69) is 86.0 Å². The van der Waals surface area contributed by atoms with Gasteiger partial charge < -0.3 is 0 Å². The summed E-state index contributed by atoms with van der Waals surface area (Å²) in [5.74, 6) is 0.889. The topological polar surface area (TPSA) is 30.7 Å². The SMILES string of the molecule is [2H]C([2H])([2H])c1ccc(-c2ccnc3sc4c(-c5nc6ccccc6n5-c5ccc(C(C)(C)C)cc5)cccc4c23)cc1. The van der Waals surface area contributed by atoms with E-state index in [4.69, 9.17) is 14.1 Å². The maximum Gasteiger partial charge on any atom is 0.147 e. The zero-order valence-electron chi connectivity index (χ0n) is 25.1. The molecule has 0 aliphatic carbocycles. The lowest BCUT2D eigenvalue weighted by atomic mass is 9.87. The molecule has 0 spiro atoms. The summed E-state index contributed by atoms with van der Waals surface area (Å²) in [6.45, 7) is 4.56. The first kappa shape index (κ1) is 20.7. The number of fused-ring (bicyclic) bond motifs is 4. The summed E-state index contributed by atoms with van der Waals surface area (Å²) < 4.78 is 26.6. The van der Waals surface area contributed by atoms with E-state index in [-0.39, 0.29) is 5.41 Å². The number of nitrogens with zero attached hydrogens (tertiary/aromatic N) is 3. The second-order valence-corrected chi connectivity index (χ2v) is 12.0. The third-order valence-electron chi connectivity index (χ3n) is 7.39. The molecule has 3 nitrogen and oxygen atoms in total. The molecule has 3 heterocycles. The summed E-state index contributed by atoms with van der Waals surface area (Å²) in [5.41, 5.74) is 7.81. The largest absolute Gasteiger partial charge is 0.292 e. The maximum absolute atomic E-state index is 7.74. The van der Waals surface area contributed by atoms with Crippen molar-refractivity contribution < 1.29 is 4.11 Å². The molecule has 7 rings (SSSR count). The molecule has 0 saturated carbocycles. The Morgan fingerprint density at radius 3 is 2.36 bits per heavy atom. The van der Waals surface area contributed by atoms with Crippen molar-refractivity contribution in [3.05, 3.63) is 114 Å². The minimum atomic E-state index is -2.13. The van der Waals surface area contributed by atoms with Crippen molar-refractivity contribution in [2.75, 3.05) is 0 Å². The highest BCUT2D eigenvalue weighted by molar-refractivity contribution is 7.26. The van der Waals surface area contributed by atoms with Crippen LogP contribution in [0.5, 0.6) is 0 Å². The Balaban J connectivity index is 1.45. The summed E-state index contributed by atoms with van der Waals surface area (Å²) in [6, 6.07) is 32.6. The number of aryl methyl sites for hydroxylation is 1. The van der Waals surface area contributed by atoms with E-state index in [0.717, 1.165) is 59.5 Å². The van der Waals surface area contributed by atoms with Crippen molar-refractivity contribution in [1.82, 2.24) is 14.5 Å². The van der Waals surface area contributed by atoms with Crippen molar-refractivity contribution in [2.45, 2.75) is 33.0 Å². The first-order chi connectivity index (χ1) is 20.1. The predicted octanol–water partition coefficient (Wildman–Crippen LogP) is 9.73. The first-order valence-corrected chi connectivity index (χ1v) is 13.9. The molecule has 39 heavy (non-hydrogen) atoms. The van der Waals surface area contributed by atoms with Crippen LogP contribution in [0.15, 0.2) is 103 Å². The van der Waals surface area contributed by atoms with Crippen LogP contribution in [0.2, 0.25) is 0 Å². The molecule has 0 saturated heterocycles. The van der Waals surface area contributed by atoms with Gasteiger partial charge in [-0.2, -0.15) is 0 Å². The van der Waals surface area contributed by atoms with E-state index in [9.17, 15) is 0 Å². The van der Waals surface area contributed by atoms with Crippen LogP contribution in [0.3, 0.4) is 0 Å². The fourth-order valence-corrected chi connectivity index (χ4v) is 6.54. The highest BCUT2D eigenvalue weighted by atomic mass is 32.1. The van der Waals surface area contributed by atoms with Gasteiger partial charge in [-0.1, -0.05) is 87.0 Å². The molecule has 0 unspecified atom stereocenters. The zero-order valence-corrected chi connectivity index (χ0v) is 22.9. The molecular formula is C35H29N3S. The predicted molar refractivity (Wildman–Crippen MR) is 166 cm³/mol. The van der Waals surface area contributed by atoms with Crippen molar-refractivity contribution in [1.29, 1.82) is 0 Å². The quantitative estimate of drug-likeness (QED) is 0.229. The molecule has 0 bridgehead atoms. The van der Waals surface area contributed by atoms with Crippen molar-refractivity contribution >= 4 is 42.7 Å². The zero-order chi connectivity index (χ0) is 29.2. The van der Waals surface area contributed by atoms with Gasteiger partial charge >= 0.3 is 0 Å². The average Bonchev–Trinajstić information content (AvgIpc) is 3.55. The standard InChI is InChI=1S/C35H29N3S/c1-22-12-14-23(15-13-22)26-20-21-36-34-31(26)27-8-7-9-28(32(27)39-34)33-37-29-10-5-6-11-30(29)38(33)25-18-16-24(17-19-25)35(2,3)4/h5-21H,1-4H3/i1D3. The average molecular weight is 527 g/mol. The molecule has 4 heteroatoms. The van der Waals surface area contributed by atoms with E-state index >= 15 is 0 Å². The van der Waals surface area contributed by atoms with Gasteiger partial charge in [0, 0.05) is 37.0 Å². The Kier molecular flexibility index (Phi) is 4.71. The molecule has 0 N–H and O–H groups in total.